The molecule has 0 unspecified atom stereocenters. The first kappa shape index (κ1) is 45.6. The molecule has 0 radical (unpaired) electrons. The van der Waals surface area contributed by atoms with Crippen LogP contribution in [0.4, 0.5) is 29.5 Å². The van der Waals surface area contributed by atoms with Gasteiger partial charge in [-0.1, -0.05) is 42.8 Å². The first-order valence-corrected chi connectivity index (χ1v) is 20.2. The number of pyridine rings is 1. The molecule has 5 N–H and O–H groups in total. The number of carbonyl (C=O) groups is 4. The molecular weight excluding hydrogens is 837 g/mol. The van der Waals surface area contributed by atoms with Gasteiger partial charge in [0, 0.05) is 55.6 Å². The van der Waals surface area contributed by atoms with Crippen LogP contribution < -0.4 is 20.3 Å². The molecule has 4 aromatic rings. The Balaban J connectivity index is 1.18. The van der Waals surface area contributed by atoms with Gasteiger partial charge in [-0.3, -0.25) is 14.4 Å². The number of halogens is 4. The van der Waals surface area contributed by atoms with Crippen molar-refractivity contribution >= 4 is 46.9 Å². The van der Waals surface area contributed by atoms with Gasteiger partial charge in [0.1, 0.15) is 23.9 Å². The van der Waals surface area contributed by atoms with Crippen molar-refractivity contribution in [3.05, 3.63) is 76.8 Å². The van der Waals surface area contributed by atoms with Gasteiger partial charge < -0.3 is 50.0 Å². The standard InChI is InChI=1S/C42H48ClF3N8O8/c1-23-14-32(54(19-23)35(57)18-48-40(60)61-5)37-49-31(21-55)36(51-37)26-8-6-25(7-9-26)28-15-29(43)30(16-33(28)62-42(44,45)46)50-38(58)27-10-11-34(47-17-27)53-13-12-52(20-24(53)2)39(59)41(3,4)22-56/h6-11,15-17,23-24,32,55-56H,12-14,18-22H2,1-5H3,(H,48,60)(H,49,51)(H,50,58)/t23-,24+,32-/m0/s1. The quantitative estimate of drug-likeness (QED) is 0.116. The van der Waals surface area contributed by atoms with E-state index in [9.17, 15) is 42.6 Å². The molecule has 3 atom stereocenters. The Labute approximate surface area is 360 Å². The first-order chi connectivity index (χ1) is 29.3. The summed E-state index contributed by atoms with van der Waals surface area (Å²) in [5.74, 6) is -0.719. The van der Waals surface area contributed by atoms with Crippen LogP contribution in [0.25, 0.3) is 22.4 Å². The number of piperazine rings is 1. The number of alkyl carbamates (subject to hydrolysis) is 1. The summed E-state index contributed by atoms with van der Waals surface area (Å²) in [6.45, 7) is 8.01. The maximum Gasteiger partial charge on any atom is 0.573 e. The minimum atomic E-state index is -5.10. The number of aliphatic hydroxyl groups is 2. The summed E-state index contributed by atoms with van der Waals surface area (Å²) in [5, 5.41) is 24.7. The zero-order valence-corrected chi connectivity index (χ0v) is 35.4. The van der Waals surface area contributed by atoms with Gasteiger partial charge in [-0.15, -0.1) is 13.2 Å². The van der Waals surface area contributed by atoms with E-state index < -0.39 is 42.2 Å². The highest BCUT2D eigenvalue weighted by atomic mass is 35.5. The second kappa shape index (κ2) is 18.6. The molecule has 4 amide bonds. The fourth-order valence-electron chi connectivity index (χ4n) is 7.60. The topological polar surface area (TPSA) is 203 Å². The Morgan fingerprint density at radius 1 is 1.00 bits per heavy atom. The van der Waals surface area contributed by atoms with E-state index in [0.29, 0.717) is 61.2 Å². The van der Waals surface area contributed by atoms with Crippen LogP contribution in [-0.2, 0) is 20.9 Å². The Bertz CT molecular complexity index is 2290. The highest BCUT2D eigenvalue weighted by Gasteiger charge is 2.38. The highest BCUT2D eigenvalue weighted by Crippen LogP contribution is 2.41. The lowest BCUT2D eigenvalue weighted by Gasteiger charge is -2.42. The summed E-state index contributed by atoms with van der Waals surface area (Å²) in [6.07, 6.45) is -3.94. The number of aromatic nitrogens is 3. The Kier molecular flexibility index (Phi) is 13.7. The molecule has 62 heavy (non-hydrogen) atoms. The first-order valence-electron chi connectivity index (χ1n) is 19.8. The SMILES string of the molecule is COC(=O)NCC(=O)N1C[C@@H](C)C[C@H]1c1nc(-c2ccc(-c3cc(Cl)c(NC(=O)c4ccc(N5CCN(C(=O)C(C)(C)CO)C[C@H]5C)nc4)cc3OC(F)(F)F)cc2)c(CO)[nH]1. The van der Waals surface area contributed by atoms with Crippen LogP contribution in [0.2, 0.25) is 5.02 Å². The fourth-order valence-corrected chi connectivity index (χ4v) is 7.81. The van der Waals surface area contributed by atoms with E-state index in [2.05, 4.69) is 30.1 Å². The van der Waals surface area contributed by atoms with E-state index in [1.165, 1.54) is 37.6 Å². The maximum absolute atomic E-state index is 13.8. The molecular formula is C42H48ClF3N8O8. The van der Waals surface area contributed by atoms with Crippen molar-refractivity contribution in [1.29, 1.82) is 0 Å². The number of methoxy groups -OCH3 is 1. The van der Waals surface area contributed by atoms with E-state index in [0.717, 1.165) is 6.07 Å². The summed E-state index contributed by atoms with van der Waals surface area (Å²) in [5.41, 5.74) is 0.543. The Hall–Kier alpha value is -5.92. The van der Waals surface area contributed by atoms with Gasteiger partial charge in [0.05, 0.1) is 59.4 Å². The number of ether oxygens (including phenoxy) is 2. The number of alkyl halides is 3. The molecule has 0 bridgehead atoms. The average Bonchev–Trinajstić information content (AvgIpc) is 3.86. The average molecular weight is 885 g/mol. The number of nitrogens with zero attached hydrogens (tertiary/aromatic N) is 5. The van der Waals surface area contributed by atoms with Gasteiger partial charge >= 0.3 is 12.5 Å². The van der Waals surface area contributed by atoms with Crippen LogP contribution in [-0.4, -0.2) is 118 Å². The maximum atomic E-state index is 13.8. The normalized spacial score (nSPS) is 18.1. The molecule has 2 fully saturated rings. The third-order valence-corrected chi connectivity index (χ3v) is 11.2. The van der Waals surface area contributed by atoms with Gasteiger partial charge in [0.2, 0.25) is 11.8 Å². The van der Waals surface area contributed by atoms with Crippen molar-refractivity contribution < 1.29 is 52.0 Å². The smallest absolute Gasteiger partial charge is 0.453 e. The van der Waals surface area contributed by atoms with Crippen LogP contribution >= 0.6 is 11.6 Å². The van der Waals surface area contributed by atoms with Gasteiger partial charge in [-0.2, -0.15) is 0 Å². The van der Waals surface area contributed by atoms with Crippen LogP contribution in [0, 0.1) is 11.3 Å². The lowest BCUT2D eigenvalue weighted by atomic mass is 9.92. The van der Waals surface area contributed by atoms with E-state index in [1.807, 2.05) is 18.7 Å². The minimum absolute atomic E-state index is 0.0292. The van der Waals surface area contributed by atoms with Crippen LogP contribution in [0.15, 0.2) is 54.7 Å². The number of imidazole rings is 1. The molecule has 2 saturated heterocycles. The van der Waals surface area contributed by atoms with E-state index in [4.69, 9.17) is 16.6 Å². The molecule has 16 nitrogen and oxygen atoms in total. The molecule has 6 rings (SSSR count). The molecule has 20 heteroatoms. The molecule has 4 heterocycles. The largest absolute Gasteiger partial charge is 0.573 e. The van der Waals surface area contributed by atoms with Crippen molar-refractivity contribution in [2.45, 2.75) is 59.2 Å². The summed E-state index contributed by atoms with van der Waals surface area (Å²) < 4.78 is 50.3. The van der Waals surface area contributed by atoms with Crippen LogP contribution in [0.1, 0.15) is 62.0 Å². The van der Waals surface area contributed by atoms with Crippen molar-refractivity contribution in [2.75, 3.05) is 56.7 Å². The van der Waals surface area contributed by atoms with Crippen LogP contribution in [0.5, 0.6) is 5.75 Å². The van der Waals surface area contributed by atoms with Crippen molar-refractivity contribution in [1.82, 2.24) is 30.1 Å². The number of aromatic amines is 1. The monoisotopic (exact) mass is 884 g/mol. The second-order valence-corrected chi connectivity index (χ2v) is 16.4. The fraction of sp³-hybridized carbons (Fsp3) is 0.429. The number of aliphatic hydroxyl groups excluding tert-OH is 2. The minimum Gasteiger partial charge on any atom is -0.453 e. The number of H-pyrrole nitrogens is 1. The predicted octanol–water partition coefficient (Wildman–Crippen LogP) is 5.76. The second-order valence-electron chi connectivity index (χ2n) is 16.0. The molecule has 2 aromatic heterocycles. The Morgan fingerprint density at radius 2 is 1.71 bits per heavy atom. The van der Waals surface area contributed by atoms with Gasteiger partial charge in [0.15, 0.2) is 0 Å². The van der Waals surface area contributed by atoms with Crippen molar-refractivity contribution in [3.8, 4) is 28.1 Å². The Morgan fingerprint density at radius 3 is 2.32 bits per heavy atom. The van der Waals surface area contributed by atoms with Gasteiger partial charge in [-0.05, 0) is 56.9 Å². The summed E-state index contributed by atoms with van der Waals surface area (Å²) in [4.78, 5) is 68.4. The number of hydrogen-bond acceptors (Lipinski definition) is 11. The lowest BCUT2D eigenvalue weighted by molar-refractivity contribution is -0.274. The van der Waals surface area contributed by atoms with E-state index in [1.54, 1.807) is 41.8 Å². The number of nitrogens with one attached hydrogen (secondary N) is 3. The molecule has 2 aliphatic rings. The molecule has 2 aliphatic heterocycles. The zero-order chi connectivity index (χ0) is 45.1. The third-order valence-electron chi connectivity index (χ3n) is 10.9. The molecule has 2 aromatic carbocycles. The number of anilines is 2. The molecule has 0 aliphatic carbocycles. The number of hydrogen-bond donors (Lipinski definition) is 5. The molecule has 0 spiro atoms. The van der Waals surface area contributed by atoms with E-state index in [-0.39, 0.29) is 64.3 Å². The number of likely N-dealkylation sites (tertiary alicyclic amines) is 1. The number of benzene rings is 2. The number of rotatable bonds is 12. The summed E-state index contributed by atoms with van der Waals surface area (Å²) in [6, 6.07) is 11.1. The third kappa shape index (κ3) is 10.2. The molecule has 332 valence electrons. The number of carbonyl (C=O) groups excluding carboxylic acids is 4. The van der Waals surface area contributed by atoms with Crippen LogP contribution in [0.3, 0.4) is 0 Å². The van der Waals surface area contributed by atoms with Crippen molar-refractivity contribution in [2.24, 2.45) is 11.3 Å². The van der Waals surface area contributed by atoms with Crippen molar-refractivity contribution in [3.63, 3.8) is 0 Å². The molecule has 0 saturated carbocycles. The van der Waals surface area contributed by atoms with Gasteiger partial charge in [-0.25, -0.2) is 14.8 Å². The highest BCUT2D eigenvalue weighted by molar-refractivity contribution is 6.34. The lowest BCUT2D eigenvalue weighted by Crippen LogP contribution is -2.56. The summed E-state index contributed by atoms with van der Waals surface area (Å²) >= 11 is 6.57. The number of amides is 4. The van der Waals surface area contributed by atoms with E-state index >= 15 is 0 Å². The van der Waals surface area contributed by atoms with Gasteiger partial charge in [0.25, 0.3) is 5.91 Å². The zero-order valence-electron chi connectivity index (χ0n) is 34.7. The predicted molar refractivity (Wildman–Crippen MR) is 222 cm³/mol. The summed E-state index contributed by atoms with van der Waals surface area (Å²) in [7, 11) is 1.19.